The second kappa shape index (κ2) is 5.95. The first-order chi connectivity index (χ1) is 5.75. The van der Waals surface area contributed by atoms with E-state index >= 15 is 0 Å². The molecular formula is C9H14N2OZn. The minimum Gasteiger partial charge on any atom is -0.506 e. The maximum atomic E-state index is 9.52. The number of nitrogens with one attached hydrogen (secondary N) is 1. The van der Waals surface area contributed by atoms with Gasteiger partial charge in [-0.15, -0.1) is 0 Å². The van der Waals surface area contributed by atoms with Gasteiger partial charge in [0.15, 0.2) is 0 Å². The monoisotopic (exact) mass is 230 g/mol. The molecule has 1 aromatic carbocycles. The van der Waals surface area contributed by atoms with Gasteiger partial charge in [-0.05, 0) is 18.6 Å². The molecule has 0 aromatic heterocycles. The second-order valence-electron chi connectivity index (χ2n) is 2.69. The maximum Gasteiger partial charge on any atom is 0.141 e. The Balaban J connectivity index is 0.00000144. The standard InChI is InChI=1S/C9H14N2O.Zn/c1-7-3-2-4-8(9(7)12)11-6-5-10;/h2-4,11-12H,5-6,10H2,1H3;. The van der Waals surface area contributed by atoms with Crippen molar-refractivity contribution >= 4 is 5.69 Å². The third-order valence-corrected chi connectivity index (χ3v) is 1.70. The number of hydrogen-bond acceptors (Lipinski definition) is 3. The van der Waals surface area contributed by atoms with Gasteiger partial charge in [-0.2, -0.15) is 0 Å². The Morgan fingerprint density at radius 1 is 1.46 bits per heavy atom. The molecule has 0 saturated heterocycles. The predicted octanol–water partition coefficient (Wildman–Crippen LogP) is 1.07. The maximum absolute atomic E-state index is 9.52. The van der Waals surface area contributed by atoms with E-state index in [0.29, 0.717) is 18.8 Å². The zero-order valence-corrected chi connectivity index (χ0v) is 10.8. The number of aromatic hydroxyl groups is 1. The molecule has 0 amide bonds. The largest absolute Gasteiger partial charge is 0.506 e. The van der Waals surface area contributed by atoms with Crippen molar-refractivity contribution in [3.05, 3.63) is 23.8 Å². The Labute approximate surface area is 91.1 Å². The van der Waals surface area contributed by atoms with E-state index in [1.165, 1.54) is 0 Å². The summed E-state index contributed by atoms with van der Waals surface area (Å²) in [7, 11) is 0. The first-order valence-corrected chi connectivity index (χ1v) is 3.98. The van der Waals surface area contributed by atoms with E-state index in [0.717, 1.165) is 11.3 Å². The van der Waals surface area contributed by atoms with Crippen molar-refractivity contribution in [1.82, 2.24) is 0 Å². The summed E-state index contributed by atoms with van der Waals surface area (Å²) in [6.45, 7) is 3.10. The van der Waals surface area contributed by atoms with Crippen LogP contribution in [0.4, 0.5) is 5.69 Å². The van der Waals surface area contributed by atoms with Crippen LogP contribution in [0.5, 0.6) is 5.75 Å². The number of hydrogen-bond donors (Lipinski definition) is 3. The predicted molar refractivity (Wildman–Crippen MR) is 50.4 cm³/mol. The number of benzene rings is 1. The van der Waals surface area contributed by atoms with E-state index in [1.54, 1.807) is 0 Å². The van der Waals surface area contributed by atoms with Crippen LogP contribution in [0.25, 0.3) is 0 Å². The molecule has 0 radical (unpaired) electrons. The summed E-state index contributed by atoms with van der Waals surface area (Å²) in [6, 6.07) is 5.59. The fourth-order valence-electron chi connectivity index (χ4n) is 1.01. The number of aryl methyl sites for hydroxylation is 1. The van der Waals surface area contributed by atoms with Crippen molar-refractivity contribution in [1.29, 1.82) is 0 Å². The summed E-state index contributed by atoms with van der Waals surface area (Å²) in [5, 5.41) is 12.5. The van der Waals surface area contributed by atoms with Gasteiger partial charge < -0.3 is 16.2 Å². The SMILES string of the molecule is Cc1cccc(NCCN)c1O.[Zn]. The van der Waals surface area contributed by atoms with E-state index < -0.39 is 0 Å². The van der Waals surface area contributed by atoms with Gasteiger partial charge in [0, 0.05) is 32.6 Å². The normalized spacial score (nSPS) is 9.08. The van der Waals surface area contributed by atoms with E-state index in [2.05, 4.69) is 5.32 Å². The van der Waals surface area contributed by atoms with Gasteiger partial charge in [-0.25, -0.2) is 0 Å². The molecule has 0 aliphatic heterocycles. The van der Waals surface area contributed by atoms with Crippen molar-refractivity contribution in [2.45, 2.75) is 6.92 Å². The Morgan fingerprint density at radius 3 is 2.77 bits per heavy atom. The molecule has 4 heteroatoms. The third-order valence-electron chi connectivity index (χ3n) is 1.70. The smallest absolute Gasteiger partial charge is 0.141 e. The summed E-state index contributed by atoms with van der Waals surface area (Å²) in [5.74, 6) is 0.311. The van der Waals surface area contributed by atoms with Crippen LogP contribution in [0.15, 0.2) is 18.2 Å². The molecule has 0 saturated carbocycles. The van der Waals surface area contributed by atoms with Crippen molar-refractivity contribution in [2.75, 3.05) is 18.4 Å². The van der Waals surface area contributed by atoms with Gasteiger partial charge in [0.1, 0.15) is 5.75 Å². The number of phenolic OH excluding ortho intramolecular Hbond substituents is 1. The molecule has 0 aliphatic rings. The van der Waals surface area contributed by atoms with Crippen molar-refractivity contribution < 1.29 is 24.6 Å². The van der Waals surface area contributed by atoms with E-state index in [4.69, 9.17) is 5.73 Å². The molecule has 0 heterocycles. The van der Waals surface area contributed by atoms with Crippen molar-refractivity contribution in [2.24, 2.45) is 5.73 Å². The van der Waals surface area contributed by atoms with Gasteiger partial charge >= 0.3 is 0 Å². The Bertz CT molecular complexity index is 266. The van der Waals surface area contributed by atoms with Crippen LogP contribution in [0.2, 0.25) is 0 Å². The zero-order valence-electron chi connectivity index (χ0n) is 7.88. The molecule has 13 heavy (non-hydrogen) atoms. The van der Waals surface area contributed by atoms with Crippen LogP contribution in [-0.2, 0) is 19.5 Å². The fraction of sp³-hybridized carbons (Fsp3) is 0.333. The van der Waals surface area contributed by atoms with Crippen LogP contribution in [0.1, 0.15) is 5.56 Å². The minimum atomic E-state index is 0. The quantitative estimate of drug-likeness (QED) is 0.539. The zero-order chi connectivity index (χ0) is 8.97. The Kier molecular flexibility index (Phi) is 5.68. The van der Waals surface area contributed by atoms with Crippen LogP contribution in [-0.4, -0.2) is 18.2 Å². The average Bonchev–Trinajstić information content (AvgIpc) is 2.08. The molecule has 1 rings (SSSR count). The summed E-state index contributed by atoms with van der Waals surface area (Å²) < 4.78 is 0. The summed E-state index contributed by atoms with van der Waals surface area (Å²) in [6.07, 6.45) is 0. The van der Waals surface area contributed by atoms with E-state index in [1.807, 2.05) is 25.1 Å². The summed E-state index contributed by atoms with van der Waals surface area (Å²) in [5.41, 5.74) is 6.94. The van der Waals surface area contributed by atoms with Gasteiger partial charge in [-0.1, -0.05) is 12.1 Å². The van der Waals surface area contributed by atoms with Crippen molar-refractivity contribution in [3.63, 3.8) is 0 Å². The first kappa shape index (κ1) is 12.4. The number of rotatable bonds is 3. The number of nitrogens with two attached hydrogens (primary N) is 1. The van der Waals surface area contributed by atoms with Crippen LogP contribution >= 0.6 is 0 Å². The molecular weight excluding hydrogens is 218 g/mol. The second-order valence-corrected chi connectivity index (χ2v) is 2.69. The van der Waals surface area contributed by atoms with Gasteiger partial charge in [0.2, 0.25) is 0 Å². The van der Waals surface area contributed by atoms with E-state index in [9.17, 15) is 5.11 Å². The van der Waals surface area contributed by atoms with Gasteiger partial charge in [0.25, 0.3) is 0 Å². The topological polar surface area (TPSA) is 58.3 Å². The minimum absolute atomic E-state index is 0. The molecule has 3 nitrogen and oxygen atoms in total. The average molecular weight is 232 g/mol. The van der Waals surface area contributed by atoms with Crippen LogP contribution in [0, 0.1) is 6.92 Å². The van der Waals surface area contributed by atoms with Crippen molar-refractivity contribution in [3.8, 4) is 5.75 Å². The summed E-state index contributed by atoms with van der Waals surface area (Å²) in [4.78, 5) is 0. The Hall–Kier alpha value is -0.597. The molecule has 68 valence electrons. The number of phenols is 1. The fourth-order valence-corrected chi connectivity index (χ4v) is 1.01. The van der Waals surface area contributed by atoms with Crippen LogP contribution in [0.3, 0.4) is 0 Å². The Morgan fingerprint density at radius 2 is 2.15 bits per heavy atom. The van der Waals surface area contributed by atoms with E-state index in [-0.39, 0.29) is 19.5 Å². The first-order valence-electron chi connectivity index (χ1n) is 3.98. The molecule has 0 spiro atoms. The molecule has 4 N–H and O–H groups in total. The molecule has 0 fully saturated rings. The number of anilines is 1. The third kappa shape index (κ3) is 3.33. The molecule has 0 atom stereocenters. The molecule has 0 aliphatic carbocycles. The van der Waals surface area contributed by atoms with Gasteiger partial charge in [-0.3, -0.25) is 0 Å². The molecule has 1 aromatic rings. The number of para-hydroxylation sites is 1. The molecule has 0 bridgehead atoms. The summed E-state index contributed by atoms with van der Waals surface area (Å²) >= 11 is 0. The van der Waals surface area contributed by atoms with Gasteiger partial charge in [0.05, 0.1) is 5.69 Å². The molecule has 0 unspecified atom stereocenters. The van der Waals surface area contributed by atoms with Crippen LogP contribution < -0.4 is 11.1 Å².